The van der Waals surface area contributed by atoms with Crippen molar-refractivity contribution in [2.24, 2.45) is 0 Å². The van der Waals surface area contributed by atoms with Crippen molar-refractivity contribution in [1.82, 2.24) is 0 Å². The first-order chi connectivity index (χ1) is 12.7. The second-order valence-corrected chi connectivity index (χ2v) is 6.41. The fourth-order valence-electron chi connectivity index (χ4n) is 3.34. The third kappa shape index (κ3) is 3.18. The van der Waals surface area contributed by atoms with Gasteiger partial charge in [0.25, 0.3) is 0 Å². The molecule has 4 heteroatoms. The summed E-state index contributed by atoms with van der Waals surface area (Å²) < 4.78 is 5.49. The van der Waals surface area contributed by atoms with Crippen molar-refractivity contribution in [2.75, 3.05) is 11.4 Å². The Morgan fingerprint density at radius 1 is 0.962 bits per heavy atom. The first-order valence-corrected chi connectivity index (χ1v) is 8.76. The lowest BCUT2D eigenvalue weighted by atomic mass is 10.1. The van der Waals surface area contributed by atoms with Crippen molar-refractivity contribution in [3.05, 3.63) is 77.9 Å². The minimum Gasteiger partial charge on any atom is -0.457 e. The van der Waals surface area contributed by atoms with Crippen LogP contribution in [-0.2, 0) is 16.1 Å². The van der Waals surface area contributed by atoms with Crippen LogP contribution >= 0.6 is 0 Å². The molecule has 0 unspecified atom stereocenters. The van der Waals surface area contributed by atoms with Crippen LogP contribution in [0, 0.1) is 0 Å². The third-order valence-electron chi connectivity index (χ3n) is 4.73. The largest absolute Gasteiger partial charge is 0.457 e. The standard InChI is InChI=1S/C22H19NO3/c24-21-9-4-14-23(21)19-12-10-17(11-13-19)22(25)26-15-18-7-3-6-16-5-1-2-8-20(16)18/h1-3,5-8,10-13H,4,9,14-15H2. The van der Waals surface area contributed by atoms with Gasteiger partial charge in [-0.15, -0.1) is 0 Å². The van der Waals surface area contributed by atoms with E-state index in [4.69, 9.17) is 4.74 Å². The summed E-state index contributed by atoms with van der Waals surface area (Å²) in [5.41, 5.74) is 2.30. The highest BCUT2D eigenvalue weighted by atomic mass is 16.5. The van der Waals surface area contributed by atoms with E-state index in [9.17, 15) is 9.59 Å². The molecule has 0 spiro atoms. The molecule has 0 atom stereocenters. The van der Waals surface area contributed by atoms with Crippen LogP contribution in [-0.4, -0.2) is 18.4 Å². The van der Waals surface area contributed by atoms with Crippen molar-refractivity contribution >= 4 is 28.3 Å². The minimum atomic E-state index is -0.364. The monoisotopic (exact) mass is 345 g/mol. The Kier molecular flexibility index (Phi) is 4.40. The number of benzene rings is 3. The molecule has 4 nitrogen and oxygen atoms in total. The zero-order chi connectivity index (χ0) is 17.9. The van der Waals surface area contributed by atoms with Crippen LogP contribution in [0.25, 0.3) is 10.8 Å². The quantitative estimate of drug-likeness (QED) is 0.662. The summed E-state index contributed by atoms with van der Waals surface area (Å²) in [5, 5.41) is 2.21. The predicted octanol–water partition coefficient (Wildman–Crippen LogP) is 4.32. The molecule has 130 valence electrons. The number of hydrogen-bond donors (Lipinski definition) is 0. The zero-order valence-electron chi connectivity index (χ0n) is 14.4. The Hall–Kier alpha value is -3.14. The minimum absolute atomic E-state index is 0.135. The lowest BCUT2D eigenvalue weighted by Crippen LogP contribution is -2.23. The van der Waals surface area contributed by atoms with Crippen molar-refractivity contribution in [3.63, 3.8) is 0 Å². The lowest BCUT2D eigenvalue weighted by molar-refractivity contribution is -0.117. The maximum Gasteiger partial charge on any atom is 0.338 e. The fraction of sp³-hybridized carbons (Fsp3) is 0.182. The van der Waals surface area contributed by atoms with E-state index < -0.39 is 0 Å². The van der Waals surface area contributed by atoms with Gasteiger partial charge in [-0.3, -0.25) is 4.79 Å². The second-order valence-electron chi connectivity index (χ2n) is 6.41. The number of fused-ring (bicyclic) bond motifs is 1. The molecule has 0 radical (unpaired) electrons. The predicted molar refractivity (Wildman–Crippen MR) is 101 cm³/mol. The van der Waals surface area contributed by atoms with Gasteiger partial charge in [-0.2, -0.15) is 0 Å². The van der Waals surface area contributed by atoms with Gasteiger partial charge in [0.2, 0.25) is 5.91 Å². The summed E-state index contributed by atoms with van der Waals surface area (Å²) in [7, 11) is 0. The van der Waals surface area contributed by atoms with E-state index in [0.29, 0.717) is 12.0 Å². The highest BCUT2D eigenvalue weighted by Crippen LogP contribution is 2.23. The van der Waals surface area contributed by atoms with Crippen LogP contribution < -0.4 is 4.90 Å². The molecule has 3 aromatic rings. The Labute approximate surface area is 152 Å². The highest BCUT2D eigenvalue weighted by molar-refractivity contribution is 5.96. The molecular formula is C22H19NO3. The maximum absolute atomic E-state index is 12.3. The number of esters is 1. The summed E-state index contributed by atoms with van der Waals surface area (Å²) in [5.74, 6) is -0.228. The van der Waals surface area contributed by atoms with Crippen molar-refractivity contribution in [1.29, 1.82) is 0 Å². The number of anilines is 1. The van der Waals surface area contributed by atoms with E-state index in [1.54, 1.807) is 29.2 Å². The number of carbonyl (C=O) groups is 2. The van der Waals surface area contributed by atoms with E-state index in [1.165, 1.54) is 0 Å². The van der Waals surface area contributed by atoms with Crippen molar-refractivity contribution in [3.8, 4) is 0 Å². The highest BCUT2D eigenvalue weighted by Gasteiger charge is 2.21. The Bertz CT molecular complexity index is 957. The van der Waals surface area contributed by atoms with Crippen molar-refractivity contribution < 1.29 is 14.3 Å². The fourth-order valence-corrected chi connectivity index (χ4v) is 3.34. The second kappa shape index (κ2) is 7.00. The number of carbonyl (C=O) groups excluding carboxylic acids is 2. The molecule has 0 N–H and O–H groups in total. The Morgan fingerprint density at radius 2 is 1.73 bits per heavy atom. The van der Waals surface area contributed by atoms with Gasteiger partial charge in [-0.25, -0.2) is 4.79 Å². The molecule has 0 aromatic heterocycles. The molecule has 1 saturated heterocycles. The maximum atomic E-state index is 12.3. The number of hydrogen-bond acceptors (Lipinski definition) is 3. The van der Waals surface area contributed by atoms with Crippen LogP contribution in [0.3, 0.4) is 0 Å². The molecule has 3 aromatic carbocycles. The summed E-state index contributed by atoms with van der Waals surface area (Å²) >= 11 is 0. The van der Waals surface area contributed by atoms with Gasteiger partial charge in [-0.1, -0.05) is 42.5 Å². The molecule has 0 bridgehead atoms. The molecule has 26 heavy (non-hydrogen) atoms. The summed E-state index contributed by atoms with van der Waals surface area (Å²) in [4.78, 5) is 25.9. The summed E-state index contributed by atoms with van der Waals surface area (Å²) in [6.45, 7) is 0.969. The van der Waals surface area contributed by atoms with Crippen LogP contribution in [0.1, 0.15) is 28.8 Å². The average molecular weight is 345 g/mol. The zero-order valence-corrected chi connectivity index (χ0v) is 14.4. The molecule has 0 saturated carbocycles. The first kappa shape index (κ1) is 16.3. The molecule has 4 rings (SSSR count). The Balaban J connectivity index is 1.45. The summed E-state index contributed by atoms with van der Waals surface area (Å²) in [6.07, 6.45) is 1.47. The molecule has 1 aliphatic heterocycles. The van der Waals surface area contributed by atoms with E-state index in [1.807, 2.05) is 42.5 Å². The average Bonchev–Trinajstić information content (AvgIpc) is 3.12. The van der Waals surface area contributed by atoms with Gasteiger partial charge >= 0.3 is 5.97 Å². The van der Waals surface area contributed by atoms with Crippen molar-refractivity contribution in [2.45, 2.75) is 19.4 Å². The van der Waals surface area contributed by atoms with Crippen LogP contribution in [0.4, 0.5) is 5.69 Å². The van der Waals surface area contributed by atoms with Crippen LogP contribution in [0.2, 0.25) is 0 Å². The molecule has 0 aliphatic carbocycles. The van der Waals surface area contributed by atoms with Gasteiger partial charge in [-0.05, 0) is 47.0 Å². The van der Waals surface area contributed by atoms with Gasteiger partial charge in [0.05, 0.1) is 5.56 Å². The molecule has 1 aliphatic rings. The third-order valence-corrected chi connectivity index (χ3v) is 4.73. The Morgan fingerprint density at radius 3 is 2.50 bits per heavy atom. The number of ether oxygens (including phenoxy) is 1. The number of amides is 1. The van der Waals surface area contributed by atoms with E-state index in [-0.39, 0.29) is 18.5 Å². The summed E-state index contributed by atoms with van der Waals surface area (Å²) in [6, 6.07) is 21.1. The van der Waals surface area contributed by atoms with Gasteiger partial charge in [0.1, 0.15) is 6.61 Å². The molecule has 1 amide bonds. The normalized spacial score (nSPS) is 14.0. The van der Waals surface area contributed by atoms with Crippen LogP contribution in [0.5, 0.6) is 0 Å². The number of rotatable bonds is 4. The first-order valence-electron chi connectivity index (χ1n) is 8.76. The number of nitrogens with zero attached hydrogens (tertiary/aromatic N) is 1. The topological polar surface area (TPSA) is 46.6 Å². The van der Waals surface area contributed by atoms with Gasteiger partial charge in [0, 0.05) is 18.7 Å². The molecular weight excluding hydrogens is 326 g/mol. The van der Waals surface area contributed by atoms with Gasteiger partial charge in [0.15, 0.2) is 0 Å². The molecule has 1 heterocycles. The smallest absolute Gasteiger partial charge is 0.338 e. The van der Waals surface area contributed by atoms with E-state index in [2.05, 4.69) is 0 Å². The molecule has 1 fully saturated rings. The van der Waals surface area contributed by atoms with E-state index in [0.717, 1.165) is 35.0 Å². The SMILES string of the molecule is O=C(OCc1cccc2ccccc12)c1ccc(N2CCCC2=O)cc1. The lowest BCUT2D eigenvalue weighted by Gasteiger charge is -2.15. The van der Waals surface area contributed by atoms with Gasteiger partial charge < -0.3 is 9.64 Å². The van der Waals surface area contributed by atoms with E-state index >= 15 is 0 Å². The van der Waals surface area contributed by atoms with Crippen LogP contribution in [0.15, 0.2) is 66.7 Å².